The first-order valence-electron chi connectivity index (χ1n) is 7.41. The van der Waals surface area contributed by atoms with Crippen molar-refractivity contribution in [3.05, 3.63) is 52.3 Å². The van der Waals surface area contributed by atoms with Crippen LogP contribution in [-0.4, -0.2) is 40.0 Å². The molecule has 3 N–H and O–H groups in total. The number of amides is 2. The van der Waals surface area contributed by atoms with Crippen LogP contribution in [0.25, 0.3) is 0 Å². The number of carbonyl (C=O) groups is 2. The molecule has 23 heavy (non-hydrogen) atoms. The summed E-state index contributed by atoms with van der Waals surface area (Å²) < 4.78 is 0. The van der Waals surface area contributed by atoms with Crippen LogP contribution in [0.4, 0.5) is 0 Å². The molecule has 1 aliphatic rings. The molecule has 120 valence electrons. The van der Waals surface area contributed by atoms with Crippen LogP contribution in [0.3, 0.4) is 0 Å². The zero-order valence-electron chi connectivity index (χ0n) is 12.5. The summed E-state index contributed by atoms with van der Waals surface area (Å²) in [5, 5.41) is 6.76. The van der Waals surface area contributed by atoms with Crippen LogP contribution in [0.5, 0.6) is 0 Å². The molecule has 0 bridgehead atoms. The quantitative estimate of drug-likeness (QED) is 0.895. The van der Waals surface area contributed by atoms with Crippen LogP contribution < -0.4 is 5.73 Å². The minimum atomic E-state index is -0.427. The van der Waals surface area contributed by atoms with E-state index in [1.807, 2.05) is 18.2 Å². The third-order valence-electron chi connectivity index (χ3n) is 4.12. The molecule has 3 rings (SSSR count). The van der Waals surface area contributed by atoms with Gasteiger partial charge in [-0.05, 0) is 36.5 Å². The molecule has 0 unspecified atom stereocenters. The van der Waals surface area contributed by atoms with Crippen molar-refractivity contribution in [2.24, 2.45) is 11.7 Å². The number of benzene rings is 1. The topological polar surface area (TPSA) is 92.1 Å². The molecule has 2 amide bonds. The Labute approximate surface area is 138 Å². The molecule has 7 heteroatoms. The standard InChI is InChI=1S/C16H17ClN4O2/c17-13-8-19-20-14(13)16(23)21-5-4-11(9-21)6-10-2-1-3-12(7-10)15(18)22/h1-3,7-8,11H,4-6,9H2,(H2,18,22)(H,19,20)/t11-/m0/s1. The van der Waals surface area contributed by atoms with Gasteiger partial charge in [-0.3, -0.25) is 14.7 Å². The number of hydrogen-bond donors (Lipinski definition) is 2. The van der Waals surface area contributed by atoms with Crippen LogP contribution in [0, 0.1) is 5.92 Å². The minimum Gasteiger partial charge on any atom is -0.366 e. The number of halogens is 1. The van der Waals surface area contributed by atoms with E-state index in [9.17, 15) is 9.59 Å². The molecular weight excluding hydrogens is 316 g/mol. The zero-order valence-corrected chi connectivity index (χ0v) is 13.2. The number of nitrogens with two attached hydrogens (primary N) is 1. The number of aromatic nitrogens is 2. The van der Waals surface area contributed by atoms with Gasteiger partial charge in [0, 0.05) is 18.7 Å². The highest BCUT2D eigenvalue weighted by molar-refractivity contribution is 6.33. The van der Waals surface area contributed by atoms with Gasteiger partial charge in [0.2, 0.25) is 5.91 Å². The lowest BCUT2D eigenvalue weighted by Crippen LogP contribution is -2.29. The highest BCUT2D eigenvalue weighted by Gasteiger charge is 2.28. The maximum absolute atomic E-state index is 12.4. The summed E-state index contributed by atoms with van der Waals surface area (Å²) in [5.41, 5.74) is 7.21. The summed E-state index contributed by atoms with van der Waals surface area (Å²) in [4.78, 5) is 25.4. The Bertz CT molecular complexity index is 743. The van der Waals surface area contributed by atoms with Crippen molar-refractivity contribution in [2.45, 2.75) is 12.8 Å². The molecule has 2 heterocycles. The average Bonchev–Trinajstić information content (AvgIpc) is 3.16. The molecule has 1 fully saturated rings. The number of likely N-dealkylation sites (tertiary alicyclic amines) is 1. The zero-order chi connectivity index (χ0) is 16.4. The first-order chi connectivity index (χ1) is 11.0. The van der Waals surface area contributed by atoms with Crippen LogP contribution in [0.1, 0.15) is 32.8 Å². The van der Waals surface area contributed by atoms with Crippen molar-refractivity contribution in [3.63, 3.8) is 0 Å². The predicted octanol–water partition coefficient (Wildman–Crippen LogP) is 1.87. The molecular formula is C16H17ClN4O2. The van der Waals surface area contributed by atoms with Crippen molar-refractivity contribution in [1.29, 1.82) is 0 Å². The largest absolute Gasteiger partial charge is 0.366 e. The number of carbonyl (C=O) groups excluding carboxylic acids is 2. The van der Waals surface area contributed by atoms with Gasteiger partial charge in [-0.15, -0.1) is 0 Å². The van der Waals surface area contributed by atoms with E-state index in [1.165, 1.54) is 6.20 Å². The SMILES string of the molecule is NC(=O)c1cccc(C[C@@H]2CCN(C(=O)c3[nH]ncc3Cl)C2)c1. The van der Waals surface area contributed by atoms with Crippen LogP contribution >= 0.6 is 11.6 Å². The predicted molar refractivity (Wildman–Crippen MR) is 86.3 cm³/mol. The molecule has 2 aromatic rings. The Balaban J connectivity index is 1.64. The van der Waals surface area contributed by atoms with Gasteiger partial charge in [0.15, 0.2) is 0 Å². The fraction of sp³-hybridized carbons (Fsp3) is 0.312. The number of aromatic amines is 1. The maximum atomic E-state index is 12.4. The summed E-state index contributed by atoms with van der Waals surface area (Å²) in [6, 6.07) is 7.33. The monoisotopic (exact) mass is 332 g/mol. The summed E-state index contributed by atoms with van der Waals surface area (Å²) >= 11 is 5.94. The molecule has 1 aliphatic heterocycles. The maximum Gasteiger partial charge on any atom is 0.273 e. The van der Waals surface area contributed by atoms with Crippen molar-refractivity contribution in [3.8, 4) is 0 Å². The first-order valence-corrected chi connectivity index (χ1v) is 7.79. The van der Waals surface area contributed by atoms with Crippen LogP contribution in [-0.2, 0) is 6.42 Å². The number of nitrogens with zero attached hydrogens (tertiary/aromatic N) is 2. The molecule has 0 spiro atoms. The number of hydrogen-bond acceptors (Lipinski definition) is 3. The van der Waals surface area contributed by atoms with E-state index in [0.717, 1.165) is 18.4 Å². The van der Waals surface area contributed by atoms with E-state index in [4.69, 9.17) is 17.3 Å². The van der Waals surface area contributed by atoms with Gasteiger partial charge in [0.1, 0.15) is 5.69 Å². The van der Waals surface area contributed by atoms with Crippen molar-refractivity contribution in [2.75, 3.05) is 13.1 Å². The van der Waals surface area contributed by atoms with E-state index in [-0.39, 0.29) is 5.91 Å². The molecule has 0 aliphatic carbocycles. The van der Waals surface area contributed by atoms with E-state index in [0.29, 0.717) is 35.3 Å². The lowest BCUT2D eigenvalue weighted by molar-refractivity contribution is 0.0781. The van der Waals surface area contributed by atoms with Gasteiger partial charge in [0.05, 0.1) is 11.2 Å². The van der Waals surface area contributed by atoms with Crippen LogP contribution in [0.15, 0.2) is 30.5 Å². The Kier molecular flexibility index (Phi) is 4.34. The molecule has 0 saturated carbocycles. The lowest BCUT2D eigenvalue weighted by atomic mass is 9.97. The molecule has 1 atom stereocenters. The molecule has 1 aromatic heterocycles. The van der Waals surface area contributed by atoms with E-state index >= 15 is 0 Å². The number of primary amides is 1. The van der Waals surface area contributed by atoms with Gasteiger partial charge in [-0.2, -0.15) is 5.10 Å². The van der Waals surface area contributed by atoms with Gasteiger partial charge in [0.25, 0.3) is 5.91 Å². The van der Waals surface area contributed by atoms with Crippen LogP contribution in [0.2, 0.25) is 5.02 Å². The molecule has 1 aromatic carbocycles. The summed E-state index contributed by atoms with van der Waals surface area (Å²) in [7, 11) is 0. The Morgan fingerprint density at radius 1 is 1.43 bits per heavy atom. The van der Waals surface area contributed by atoms with Gasteiger partial charge < -0.3 is 10.6 Å². The number of H-pyrrole nitrogens is 1. The lowest BCUT2D eigenvalue weighted by Gasteiger charge is -2.16. The van der Waals surface area contributed by atoms with Crippen molar-refractivity contribution in [1.82, 2.24) is 15.1 Å². The number of rotatable bonds is 4. The van der Waals surface area contributed by atoms with Crippen molar-refractivity contribution < 1.29 is 9.59 Å². The number of nitrogens with one attached hydrogen (secondary N) is 1. The highest BCUT2D eigenvalue weighted by atomic mass is 35.5. The Morgan fingerprint density at radius 2 is 2.26 bits per heavy atom. The minimum absolute atomic E-state index is 0.124. The fourth-order valence-corrected chi connectivity index (χ4v) is 3.12. The van der Waals surface area contributed by atoms with Gasteiger partial charge in [-0.1, -0.05) is 23.7 Å². The molecule has 6 nitrogen and oxygen atoms in total. The van der Waals surface area contributed by atoms with E-state index < -0.39 is 5.91 Å². The smallest absolute Gasteiger partial charge is 0.273 e. The summed E-state index contributed by atoms with van der Waals surface area (Å²) in [5.74, 6) is -0.200. The second-order valence-corrected chi connectivity index (χ2v) is 6.17. The van der Waals surface area contributed by atoms with Gasteiger partial charge in [-0.25, -0.2) is 0 Å². The van der Waals surface area contributed by atoms with Crippen molar-refractivity contribution >= 4 is 23.4 Å². The molecule has 0 radical (unpaired) electrons. The molecule has 1 saturated heterocycles. The average molecular weight is 333 g/mol. The third kappa shape index (κ3) is 3.37. The van der Waals surface area contributed by atoms with Gasteiger partial charge >= 0.3 is 0 Å². The first kappa shape index (κ1) is 15.6. The summed E-state index contributed by atoms with van der Waals surface area (Å²) in [6.45, 7) is 1.35. The Morgan fingerprint density at radius 3 is 2.96 bits per heavy atom. The highest BCUT2D eigenvalue weighted by Crippen LogP contribution is 2.24. The second-order valence-electron chi connectivity index (χ2n) is 5.77. The van der Waals surface area contributed by atoms with E-state index in [2.05, 4.69) is 10.2 Å². The Hall–Kier alpha value is -2.34. The third-order valence-corrected chi connectivity index (χ3v) is 4.40. The fourth-order valence-electron chi connectivity index (χ4n) is 2.95. The van der Waals surface area contributed by atoms with E-state index in [1.54, 1.807) is 11.0 Å². The summed E-state index contributed by atoms with van der Waals surface area (Å²) in [6.07, 6.45) is 3.15. The second kappa shape index (κ2) is 6.42. The normalized spacial score (nSPS) is 17.4.